The first-order valence-corrected chi connectivity index (χ1v) is 8.33. The zero-order valence-electron chi connectivity index (χ0n) is 12.9. The Morgan fingerprint density at radius 3 is 2.45 bits per heavy atom. The van der Waals surface area contributed by atoms with Crippen LogP contribution in [0.15, 0.2) is 18.2 Å². The number of aromatic carboxylic acids is 1. The average molecular weight is 304 g/mol. The summed E-state index contributed by atoms with van der Waals surface area (Å²) < 4.78 is 6.24. The Morgan fingerprint density at radius 2 is 1.77 bits per heavy atom. The molecule has 0 unspecified atom stereocenters. The third-order valence-corrected chi connectivity index (χ3v) is 4.66. The predicted molar refractivity (Wildman–Crippen MR) is 84.4 cm³/mol. The highest BCUT2D eigenvalue weighted by Gasteiger charge is 2.24. The van der Waals surface area contributed by atoms with Crippen LogP contribution in [0.3, 0.4) is 0 Å². The summed E-state index contributed by atoms with van der Waals surface area (Å²) in [5.74, 6) is -0.214. The summed E-state index contributed by atoms with van der Waals surface area (Å²) in [5, 5.41) is 9.03. The van der Waals surface area contributed by atoms with Gasteiger partial charge >= 0.3 is 5.97 Å². The number of anilines is 1. The Hall–Kier alpha value is -1.62. The largest absolute Gasteiger partial charge is 0.477 e. The lowest BCUT2D eigenvalue weighted by atomic mass is 9.97. The van der Waals surface area contributed by atoms with Crippen LogP contribution in [0.5, 0.6) is 0 Å². The second-order valence-electron chi connectivity index (χ2n) is 6.27. The lowest BCUT2D eigenvalue weighted by Gasteiger charge is -2.35. The van der Waals surface area contributed by atoms with Crippen LogP contribution >= 0.6 is 0 Å². The van der Waals surface area contributed by atoms with Gasteiger partial charge in [0, 0.05) is 13.1 Å². The van der Waals surface area contributed by atoms with Crippen molar-refractivity contribution in [1.82, 2.24) is 4.98 Å². The number of piperidine rings is 1. The van der Waals surface area contributed by atoms with Crippen molar-refractivity contribution >= 4 is 11.8 Å². The number of carboxylic acid groups (broad SMARTS) is 1. The molecule has 0 radical (unpaired) electrons. The van der Waals surface area contributed by atoms with Crippen molar-refractivity contribution in [2.75, 3.05) is 18.0 Å². The molecule has 5 nitrogen and oxygen atoms in total. The molecule has 1 aromatic heterocycles. The second kappa shape index (κ2) is 7.09. The van der Waals surface area contributed by atoms with E-state index in [9.17, 15) is 4.79 Å². The van der Waals surface area contributed by atoms with Crippen molar-refractivity contribution in [3.8, 4) is 0 Å². The van der Waals surface area contributed by atoms with Gasteiger partial charge in [0.1, 0.15) is 5.82 Å². The molecular weight excluding hydrogens is 280 g/mol. The molecule has 3 rings (SSSR count). The van der Waals surface area contributed by atoms with Gasteiger partial charge in [0.15, 0.2) is 5.69 Å². The Morgan fingerprint density at radius 1 is 1.09 bits per heavy atom. The minimum Gasteiger partial charge on any atom is -0.477 e. The van der Waals surface area contributed by atoms with Crippen molar-refractivity contribution in [3.63, 3.8) is 0 Å². The van der Waals surface area contributed by atoms with Crippen LogP contribution in [0.1, 0.15) is 55.4 Å². The molecule has 0 spiro atoms. The summed E-state index contributed by atoms with van der Waals surface area (Å²) in [6.07, 6.45) is 9.17. The Bertz CT molecular complexity index is 506. The number of rotatable bonds is 4. The van der Waals surface area contributed by atoms with E-state index >= 15 is 0 Å². The van der Waals surface area contributed by atoms with E-state index < -0.39 is 5.97 Å². The molecule has 1 aliphatic carbocycles. The van der Waals surface area contributed by atoms with E-state index in [4.69, 9.17) is 9.84 Å². The molecular formula is C17H24N2O3. The van der Waals surface area contributed by atoms with Crippen LogP contribution in [-0.4, -0.2) is 41.4 Å². The fourth-order valence-electron chi connectivity index (χ4n) is 3.41. The highest BCUT2D eigenvalue weighted by molar-refractivity contribution is 5.85. The normalized spacial score (nSPS) is 21.0. The fraction of sp³-hybridized carbons (Fsp3) is 0.647. The highest BCUT2D eigenvalue weighted by atomic mass is 16.5. The Balaban J connectivity index is 1.52. The molecule has 2 fully saturated rings. The van der Waals surface area contributed by atoms with E-state index in [-0.39, 0.29) is 5.69 Å². The Kier molecular flexibility index (Phi) is 4.93. The van der Waals surface area contributed by atoms with Crippen molar-refractivity contribution < 1.29 is 14.6 Å². The first-order valence-electron chi connectivity index (χ1n) is 8.33. The van der Waals surface area contributed by atoms with Gasteiger partial charge in [-0.15, -0.1) is 0 Å². The molecule has 2 heterocycles. The van der Waals surface area contributed by atoms with Gasteiger partial charge in [-0.05, 0) is 37.8 Å². The molecule has 1 aliphatic heterocycles. The maximum Gasteiger partial charge on any atom is 0.354 e. The number of nitrogens with zero attached hydrogens (tertiary/aromatic N) is 2. The molecule has 0 atom stereocenters. The molecule has 0 aromatic carbocycles. The van der Waals surface area contributed by atoms with Crippen LogP contribution < -0.4 is 4.90 Å². The molecule has 1 saturated carbocycles. The van der Waals surface area contributed by atoms with Crippen LogP contribution in [-0.2, 0) is 4.74 Å². The number of pyridine rings is 1. The van der Waals surface area contributed by atoms with E-state index in [1.807, 2.05) is 6.07 Å². The number of hydrogen-bond acceptors (Lipinski definition) is 4. The van der Waals surface area contributed by atoms with Crippen molar-refractivity contribution in [2.45, 2.75) is 57.2 Å². The molecule has 120 valence electrons. The summed E-state index contributed by atoms with van der Waals surface area (Å²) in [6, 6.07) is 5.18. The van der Waals surface area contributed by atoms with E-state index in [0.717, 1.165) is 31.7 Å². The van der Waals surface area contributed by atoms with Gasteiger partial charge in [-0.25, -0.2) is 9.78 Å². The SMILES string of the molecule is O=C(O)c1cccc(N2CCC(OC3CCCCC3)CC2)n1. The molecule has 5 heteroatoms. The van der Waals surface area contributed by atoms with Crippen LogP contribution in [0, 0.1) is 0 Å². The maximum atomic E-state index is 11.0. The Labute approximate surface area is 131 Å². The van der Waals surface area contributed by atoms with E-state index in [1.54, 1.807) is 6.07 Å². The summed E-state index contributed by atoms with van der Waals surface area (Å²) >= 11 is 0. The summed E-state index contributed by atoms with van der Waals surface area (Å²) in [5.41, 5.74) is 0.109. The molecule has 1 aromatic rings. The van der Waals surface area contributed by atoms with Gasteiger partial charge in [-0.3, -0.25) is 0 Å². The van der Waals surface area contributed by atoms with Crippen molar-refractivity contribution in [2.24, 2.45) is 0 Å². The fourth-order valence-corrected chi connectivity index (χ4v) is 3.41. The van der Waals surface area contributed by atoms with E-state index in [1.165, 1.54) is 38.2 Å². The zero-order valence-corrected chi connectivity index (χ0v) is 12.9. The monoisotopic (exact) mass is 304 g/mol. The minimum atomic E-state index is -0.975. The van der Waals surface area contributed by atoms with Gasteiger partial charge < -0.3 is 14.7 Å². The van der Waals surface area contributed by atoms with Gasteiger partial charge in [-0.1, -0.05) is 25.3 Å². The van der Waals surface area contributed by atoms with Gasteiger partial charge in [0.25, 0.3) is 0 Å². The first-order chi connectivity index (χ1) is 10.7. The lowest BCUT2D eigenvalue weighted by molar-refractivity contribution is -0.0395. The predicted octanol–water partition coefficient (Wildman–Crippen LogP) is 3.10. The number of carboxylic acids is 1. The number of hydrogen-bond donors (Lipinski definition) is 1. The lowest BCUT2D eigenvalue weighted by Crippen LogP contribution is -2.39. The average Bonchev–Trinajstić information content (AvgIpc) is 2.56. The standard InChI is InChI=1S/C17H24N2O3/c20-17(21)15-7-4-8-16(18-15)19-11-9-14(10-12-19)22-13-5-2-1-3-6-13/h4,7-8,13-14H,1-3,5-6,9-12H2,(H,20,21). The summed E-state index contributed by atoms with van der Waals surface area (Å²) in [7, 11) is 0. The number of aromatic nitrogens is 1. The molecule has 1 saturated heterocycles. The van der Waals surface area contributed by atoms with Crippen LogP contribution in [0.2, 0.25) is 0 Å². The van der Waals surface area contributed by atoms with Gasteiger partial charge in [0.05, 0.1) is 12.2 Å². The maximum absolute atomic E-state index is 11.0. The van der Waals surface area contributed by atoms with Crippen molar-refractivity contribution in [1.29, 1.82) is 0 Å². The molecule has 1 N–H and O–H groups in total. The summed E-state index contributed by atoms with van der Waals surface area (Å²) in [6.45, 7) is 1.76. The van der Waals surface area contributed by atoms with E-state index in [0.29, 0.717) is 12.2 Å². The third kappa shape index (κ3) is 3.77. The van der Waals surface area contributed by atoms with Gasteiger partial charge in [-0.2, -0.15) is 0 Å². The van der Waals surface area contributed by atoms with Crippen LogP contribution in [0.4, 0.5) is 5.82 Å². The van der Waals surface area contributed by atoms with Crippen LogP contribution in [0.25, 0.3) is 0 Å². The highest BCUT2D eigenvalue weighted by Crippen LogP contribution is 2.26. The molecule has 2 aliphatic rings. The smallest absolute Gasteiger partial charge is 0.354 e. The second-order valence-corrected chi connectivity index (χ2v) is 6.27. The first kappa shape index (κ1) is 15.3. The zero-order chi connectivity index (χ0) is 15.4. The number of ether oxygens (including phenoxy) is 1. The van der Waals surface area contributed by atoms with Gasteiger partial charge in [0.2, 0.25) is 0 Å². The minimum absolute atomic E-state index is 0.109. The topological polar surface area (TPSA) is 62.7 Å². The van der Waals surface area contributed by atoms with E-state index in [2.05, 4.69) is 9.88 Å². The third-order valence-electron chi connectivity index (χ3n) is 4.66. The molecule has 22 heavy (non-hydrogen) atoms. The molecule has 0 amide bonds. The quantitative estimate of drug-likeness (QED) is 0.926. The molecule has 0 bridgehead atoms. The number of carbonyl (C=O) groups is 1. The summed E-state index contributed by atoms with van der Waals surface area (Å²) in [4.78, 5) is 17.4. The van der Waals surface area contributed by atoms with Crippen molar-refractivity contribution in [3.05, 3.63) is 23.9 Å².